The fourth-order valence-electron chi connectivity index (χ4n) is 4.57. The summed E-state index contributed by atoms with van der Waals surface area (Å²) in [5.41, 5.74) is 0.691. The molecular formula is C24H27FN2O3S. The van der Waals surface area contributed by atoms with Crippen molar-refractivity contribution in [2.75, 3.05) is 6.54 Å². The Morgan fingerprint density at radius 1 is 1.06 bits per heavy atom. The molecule has 31 heavy (non-hydrogen) atoms. The van der Waals surface area contributed by atoms with Crippen LogP contribution in [-0.4, -0.2) is 36.4 Å². The van der Waals surface area contributed by atoms with Crippen LogP contribution in [0.15, 0.2) is 64.5 Å². The molecule has 1 saturated carbocycles. The van der Waals surface area contributed by atoms with Crippen LogP contribution < -0.4 is 0 Å². The summed E-state index contributed by atoms with van der Waals surface area (Å²) >= 11 is 0. The fourth-order valence-corrected chi connectivity index (χ4v) is 6.04. The fraction of sp³-hybridized carbons (Fsp3) is 0.375. The summed E-state index contributed by atoms with van der Waals surface area (Å²) in [6.07, 6.45) is 7.08. The average Bonchev–Trinajstić information content (AvgIpc) is 3.15. The van der Waals surface area contributed by atoms with Crippen molar-refractivity contribution in [2.24, 2.45) is 0 Å². The van der Waals surface area contributed by atoms with Crippen molar-refractivity contribution >= 4 is 26.6 Å². The summed E-state index contributed by atoms with van der Waals surface area (Å²) in [5, 5.41) is 0.556. The Bertz CT molecular complexity index is 1180. The van der Waals surface area contributed by atoms with Crippen molar-refractivity contribution in [2.45, 2.75) is 61.4 Å². The molecule has 1 aliphatic carbocycles. The van der Waals surface area contributed by atoms with E-state index in [1.807, 2.05) is 24.0 Å². The van der Waals surface area contributed by atoms with Crippen molar-refractivity contribution in [1.82, 2.24) is 9.47 Å². The Kier molecular flexibility index (Phi) is 6.14. The highest BCUT2D eigenvalue weighted by molar-refractivity contribution is 7.91. The number of amides is 1. The number of sulfone groups is 1. The van der Waals surface area contributed by atoms with Gasteiger partial charge < -0.3 is 9.47 Å². The number of halogens is 1. The third-order valence-corrected chi connectivity index (χ3v) is 7.94. The lowest BCUT2D eigenvalue weighted by Crippen LogP contribution is -2.42. The van der Waals surface area contributed by atoms with Gasteiger partial charge in [-0.05, 0) is 50.1 Å². The molecule has 164 valence electrons. The first-order chi connectivity index (χ1) is 14.9. The second kappa shape index (κ2) is 8.83. The first kappa shape index (κ1) is 21.6. The number of nitrogens with zero attached hydrogens (tertiary/aromatic N) is 2. The van der Waals surface area contributed by atoms with Gasteiger partial charge in [0.1, 0.15) is 12.4 Å². The Labute approximate surface area is 182 Å². The molecule has 1 heterocycles. The Hall–Kier alpha value is -2.67. The summed E-state index contributed by atoms with van der Waals surface area (Å²) in [6.45, 7) is 2.72. The van der Waals surface area contributed by atoms with Crippen molar-refractivity contribution in [3.63, 3.8) is 0 Å². The normalized spacial score (nSPS) is 15.3. The van der Waals surface area contributed by atoms with E-state index >= 15 is 0 Å². The van der Waals surface area contributed by atoms with Crippen LogP contribution in [0.4, 0.5) is 4.39 Å². The number of carbonyl (C=O) groups is 1. The number of rotatable bonds is 6. The van der Waals surface area contributed by atoms with E-state index in [0.29, 0.717) is 17.4 Å². The molecule has 0 unspecified atom stereocenters. The lowest BCUT2D eigenvalue weighted by Gasteiger charge is -2.33. The Balaban J connectivity index is 1.70. The summed E-state index contributed by atoms with van der Waals surface area (Å²) < 4.78 is 41.6. The lowest BCUT2D eigenvalue weighted by molar-refractivity contribution is -0.134. The maximum Gasteiger partial charge on any atom is 0.242 e. The van der Waals surface area contributed by atoms with Crippen LogP contribution >= 0.6 is 0 Å². The molecule has 0 saturated heterocycles. The maximum atomic E-state index is 13.3. The second-order valence-electron chi connectivity index (χ2n) is 8.07. The van der Waals surface area contributed by atoms with E-state index in [1.165, 1.54) is 24.8 Å². The molecule has 1 aliphatic rings. The number of benzene rings is 2. The maximum absolute atomic E-state index is 13.3. The van der Waals surface area contributed by atoms with Gasteiger partial charge in [-0.1, -0.05) is 37.5 Å². The topological polar surface area (TPSA) is 59.4 Å². The predicted molar refractivity (Wildman–Crippen MR) is 118 cm³/mol. The third kappa shape index (κ3) is 4.24. The van der Waals surface area contributed by atoms with E-state index in [9.17, 15) is 17.6 Å². The molecule has 0 spiro atoms. The molecule has 0 aliphatic heterocycles. The summed E-state index contributed by atoms with van der Waals surface area (Å²) in [5.74, 6) is -0.491. The highest BCUT2D eigenvalue weighted by Crippen LogP contribution is 2.31. The van der Waals surface area contributed by atoms with Gasteiger partial charge >= 0.3 is 0 Å². The van der Waals surface area contributed by atoms with Crippen LogP contribution in [0.3, 0.4) is 0 Å². The number of hydrogen-bond donors (Lipinski definition) is 0. The predicted octanol–water partition coefficient (Wildman–Crippen LogP) is 4.79. The van der Waals surface area contributed by atoms with Gasteiger partial charge in [-0.2, -0.15) is 0 Å². The lowest BCUT2D eigenvalue weighted by atomic mass is 9.94. The van der Waals surface area contributed by atoms with E-state index in [1.54, 1.807) is 16.7 Å². The SMILES string of the molecule is CCN(C(=O)Cn1cc(S(=O)(=O)c2ccc(F)cc2)c2ccccc21)C1CCCCC1. The zero-order valence-electron chi connectivity index (χ0n) is 17.6. The number of para-hydroxylation sites is 1. The van der Waals surface area contributed by atoms with Crippen molar-refractivity contribution < 1.29 is 17.6 Å². The minimum atomic E-state index is -3.86. The molecule has 4 rings (SSSR count). The highest BCUT2D eigenvalue weighted by Gasteiger charge is 2.27. The monoisotopic (exact) mass is 442 g/mol. The Morgan fingerprint density at radius 3 is 2.42 bits per heavy atom. The van der Waals surface area contributed by atoms with E-state index < -0.39 is 15.7 Å². The molecule has 0 radical (unpaired) electrons. The van der Waals surface area contributed by atoms with Gasteiger partial charge in [0.2, 0.25) is 15.7 Å². The minimum Gasteiger partial charge on any atom is -0.338 e. The molecule has 0 atom stereocenters. The molecule has 1 amide bonds. The van der Waals surface area contributed by atoms with E-state index in [4.69, 9.17) is 0 Å². The van der Waals surface area contributed by atoms with Crippen LogP contribution in [0.2, 0.25) is 0 Å². The summed E-state index contributed by atoms with van der Waals surface area (Å²) in [7, 11) is -3.86. The van der Waals surface area contributed by atoms with Gasteiger partial charge in [0.15, 0.2) is 0 Å². The van der Waals surface area contributed by atoms with Gasteiger partial charge in [-0.25, -0.2) is 12.8 Å². The summed E-state index contributed by atoms with van der Waals surface area (Å²) in [4.78, 5) is 15.3. The minimum absolute atomic E-state index is 0.000818. The van der Waals surface area contributed by atoms with Crippen molar-refractivity contribution in [3.8, 4) is 0 Å². The molecule has 2 aromatic carbocycles. The second-order valence-corrected chi connectivity index (χ2v) is 9.99. The molecule has 0 N–H and O–H groups in total. The van der Waals surface area contributed by atoms with Crippen molar-refractivity contribution in [1.29, 1.82) is 0 Å². The molecule has 1 aromatic heterocycles. The first-order valence-corrected chi connectivity index (χ1v) is 12.3. The van der Waals surface area contributed by atoms with Crippen LogP contribution in [0.25, 0.3) is 10.9 Å². The largest absolute Gasteiger partial charge is 0.338 e. The first-order valence-electron chi connectivity index (χ1n) is 10.8. The molecule has 7 heteroatoms. The zero-order chi connectivity index (χ0) is 22.0. The molecule has 1 fully saturated rings. The Morgan fingerprint density at radius 2 is 1.74 bits per heavy atom. The standard InChI is InChI=1S/C24H27FN2O3S/c1-2-27(19-8-4-3-5-9-19)24(28)17-26-16-23(21-10-6-7-11-22(21)26)31(29,30)20-14-12-18(25)13-15-20/h6-7,10-16,19H,2-5,8-9,17H2,1H3. The smallest absolute Gasteiger partial charge is 0.242 e. The molecular weight excluding hydrogens is 415 g/mol. The third-order valence-electron chi connectivity index (χ3n) is 6.15. The zero-order valence-corrected chi connectivity index (χ0v) is 18.4. The van der Waals surface area contributed by atoms with Gasteiger partial charge in [-0.15, -0.1) is 0 Å². The van der Waals surface area contributed by atoms with Gasteiger partial charge in [0, 0.05) is 29.7 Å². The van der Waals surface area contributed by atoms with E-state index in [-0.39, 0.29) is 28.3 Å². The number of carbonyl (C=O) groups excluding carboxylic acids is 1. The molecule has 3 aromatic rings. The van der Waals surface area contributed by atoms with E-state index in [2.05, 4.69) is 0 Å². The number of aromatic nitrogens is 1. The van der Waals surface area contributed by atoms with Gasteiger partial charge in [0.25, 0.3) is 0 Å². The molecule has 0 bridgehead atoms. The van der Waals surface area contributed by atoms with E-state index in [0.717, 1.165) is 37.8 Å². The van der Waals surface area contributed by atoms with Crippen LogP contribution in [-0.2, 0) is 21.2 Å². The highest BCUT2D eigenvalue weighted by atomic mass is 32.2. The number of fused-ring (bicyclic) bond motifs is 1. The number of likely N-dealkylation sites (N-methyl/N-ethyl adjacent to an activating group) is 1. The van der Waals surface area contributed by atoms with Crippen LogP contribution in [0, 0.1) is 5.82 Å². The average molecular weight is 443 g/mol. The van der Waals surface area contributed by atoms with Gasteiger partial charge in [0.05, 0.1) is 9.79 Å². The quantitative estimate of drug-likeness (QED) is 0.516. The van der Waals surface area contributed by atoms with Gasteiger partial charge in [-0.3, -0.25) is 4.79 Å². The van der Waals surface area contributed by atoms with Crippen molar-refractivity contribution in [3.05, 3.63) is 60.5 Å². The number of hydrogen-bond acceptors (Lipinski definition) is 3. The van der Waals surface area contributed by atoms with Crippen LogP contribution in [0.1, 0.15) is 39.0 Å². The van der Waals surface area contributed by atoms with Crippen LogP contribution in [0.5, 0.6) is 0 Å². The molecule has 5 nitrogen and oxygen atoms in total. The summed E-state index contributed by atoms with van der Waals surface area (Å²) in [6, 6.07) is 12.2.